The molecule has 2 rings (SSSR count). The molecule has 0 fully saturated rings. The van der Waals surface area contributed by atoms with Gasteiger partial charge in [0.05, 0.1) is 5.02 Å². The van der Waals surface area contributed by atoms with Crippen LogP contribution in [-0.4, -0.2) is 16.0 Å². The van der Waals surface area contributed by atoms with Crippen LogP contribution in [0.1, 0.15) is 16.2 Å². The highest BCUT2D eigenvalue weighted by molar-refractivity contribution is 6.34. The first kappa shape index (κ1) is 11.4. The van der Waals surface area contributed by atoms with Crippen molar-refractivity contribution in [3.05, 3.63) is 34.7 Å². The van der Waals surface area contributed by atoms with Gasteiger partial charge in [0.1, 0.15) is 17.3 Å². The molecule has 0 saturated heterocycles. The maximum absolute atomic E-state index is 11.8. The second-order valence-electron chi connectivity index (χ2n) is 3.34. The van der Waals surface area contributed by atoms with Crippen LogP contribution in [0.5, 0.6) is 0 Å². The van der Waals surface area contributed by atoms with Crippen LogP contribution in [0.15, 0.2) is 22.7 Å². The van der Waals surface area contributed by atoms with Crippen molar-refractivity contribution in [2.75, 3.05) is 11.1 Å². The van der Waals surface area contributed by atoms with Crippen LogP contribution in [-0.2, 0) is 0 Å². The topological polar surface area (TPSA) is 94.0 Å². The normalized spacial score (nSPS) is 10.2. The van der Waals surface area contributed by atoms with Crippen molar-refractivity contribution in [2.24, 2.45) is 0 Å². The molecule has 0 radical (unpaired) electrons. The molecule has 0 bridgehead atoms. The highest BCUT2D eigenvalue weighted by atomic mass is 35.5. The number of hydrogen-bond donors (Lipinski definition) is 2. The molecule has 17 heavy (non-hydrogen) atoms. The minimum Gasteiger partial charge on any atom is -0.384 e. The van der Waals surface area contributed by atoms with Gasteiger partial charge in [-0.1, -0.05) is 16.8 Å². The van der Waals surface area contributed by atoms with Gasteiger partial charge < -0.3 is 15.6 Å². The first-order valence-electron chi connectivity index (χ1n) is 4.73. The highest BCUT2D eigenvalue weighted by Gasteiger charge is 2.14. The van der Waals surface area contributed by atoms with Crippen LogP contribution < -0.4 is 11.1 Å². The lowest BCUT2D eigenvalue weighted by molar-refractivity contribution is 0.102. The number of carbonyl (C=O) groups excluding carboxylic acids is 1. The van der Waals surface area contributed by atoms with Crippen molar-refractivity contribution < 1.29 is 9.32 Å². The third-order valence-electron chi connectivity index (χ3n) is 1.95. The summed E-state index contributed by atoms with van der Waals surface area (Å²) in [5, 5.41) is 6.34. The Balaban J connectivity index is 2.22. The number of pyridine rings is 1. The number of carbonyl (C=O) groups is 1. The third-order valence-corrected chi connectivity index (χ3v) is 2.26. The van der Waals surface area contributed by atoms with Crippen LogP contribution in [0.4, 0.5) is 11.6 Å². The van der Waals surface area contributed by atoms with E-state index >= 15 is 0 Å². The van der Waals surface area contributed by atoms with Gasteiger partial charge in [0.25, 0.3) is 5.91 Å². The minimum absolute atomic E-state index is 0.0484. The summed E-state index contributed by atoms with van der Waals surface area (Å²) in [4.78, 5) is 15.7. The van der Waals surface area contributed by atoms with Crippen molar-refractivity contribution in [1.29, 1.82) is 0 Å². The van der Waals surface area contributed by atoms with Crippen LogP contribution >= 0.6 is 11.6 Å². The Kier molecular flexibility index (Phi) is 2.97. The van der Waals surface area contributed by atoms with Gasteiger partial charge in [-0.05, 0) is 19.1 Å². The fourth-order valence-electron chi connectivity index (χ4n) is 1.22. The van der Waals surface area contributed by atoms with Gasteiger partial charge in [0, 0.05) is 6.07 Å². The molecule has 0 saturated carbocycles. The van der Waals surface area contributed by atoms with Crippen LogP contribution in [0.2, 0.25) is 5.02 Å². The number of nitrogens with one attached hydrogen (secondary N) is 1. The largest absolute Gasteiger partial charge is 0.384 e. The lowest BCUT2D eigenvalue weighted by Crippen LogP contribution is -2.15. The zero-order valence-electron chi connectivity index (χ0n) is 8.90. The molecule has 3 N–H and O–H groups in total. The first-order chi connectivity index (χ1) is 8.06. The van der Waals surface area contributed by atoms with E-state index in [4.69, 9.17) is 21.9 Å². The minimum atomic E-state index is -0.490. The van der Waals surface area contributed by atoms with E-state index < -0.39 is 5.91 Å². The Morgan fingerprint density at radius 3 is 2.94 bits per heavy atom. The number of nitrogens with zero attached hydrogens (tertiary/aromatic N) is 2. The van der Waals surface area contributed by atoms with E-state index in [-0.39, 0.29) is 16.5 Å². The van der Waals surface area contributed by atoms with Crippen LogP contribution in [0, 0.1) is 6.92 Å². The number of rotatable bonds is 2. The van der Waals surface area contributed by atoms with E-state index in [1.54, 1.807) is 13.0 Å². The SMILES string of the molecule is Cc1cc(NC(=O)c2nc(N)ccc2Cl)no1. The van der Waals surface area contributed by atoms with Crippen molar-refractivity contribution in [3.8, 4) is 0 Å². The lowest BCUT2D eigenvalue weighted by atomic mass is 10.3. The molecule has 2 heterocycles. The maximum Gasteiger partial charge on any atom is 0.277 e. The van der Waals surface area contributed by atoms with Gasteiger partial charge in [-0.2, -0.15) is 0 Å². The predicted molar refractivity (Wildman–Crippen MR) is 62.9 cm³/mol. The number of nitrogens with two attached hydrogens (primary N) is 1. The van der Waals surface area contributed by atoms with Crippen molar-refractivity contribution in [3.63, 3.8) is 0 Å². The number of halogens is 1. The molecular formula is C10H9ClN4O2. The average Bonchev–Trinajstić information content (AvgIpc) is 2.67. The molecule has 0 aliphatic carbocycles. The molecule has 0 aliphatic rings. The highest BCUT2D eigenvalue weighted by Crippen LogP contribution is 2.17. The fourth-order valence-corrected chi connectivity index (χ4v) is 1.41. The quantitative estimate of drug-likeness (QED) is 0.851. The summed E-state index contributed by atoms with van der Waals surface area (Å²) in [5.74, 6) is 0.617. The third kappa shape index (κ3) is 2.54. The molecule has 1 amide bonds. The Morgan fingerprint density at radius 2 is 2.29 bits per heavy atom. The number of hydrogen-bond acceptors (Lipinski definition) is 5. The van der Waals surface area contributed by atoms with Crippen LogP contribution in [0.3, 0.4) is 0 Å². The molecule has 2 aromatic rings. The number of aromatic nitrogens is 2. The molecule has 0 atom stereocenters. The Bertz CT molecular complexity index is 567. The van der Waals surface area contributed by atoms with E-state index in [0.717, 1.165) is 0 Å². The van der Waals surface area contributed by atoms with E-state index in [1.165, 1.54) is 12.1 Å². The molecule has 7 heteroatoms. The van der Waals surface area contributed by atoms with E-state index in [0.29, 0.717) is 11.6 Å². The Hall–Kier alpha value is -2.08. The van der Waals surface area contributed by atoms with E-state index in [2.05, 4.69) is 15.5 Å². The molecule has 88 valence electrons. The van der Waals surface area contributed by atoms with Gasteiger partial charge in [0.15, 0.2) is 5.82 Å². The van der Waals surface area contributed by atoms with E-state index in [9.17, 15) is 4.79 Å². The molecule has 0 aliphatic heterocycles. The lowest BCUT2D eigenvalue weighted by Gasteiger charge is -2.03. The molecule has 0 spiro atoms. The molecule has 6 nitrogen and oxygen atoms in total. The molecule has 2 aromatic heterocycles. The molecule has 0 unspecified atom stereocenters. The summed E-state index contributed by atoms with van der Waals surface area (Å²) in [5.41, 5.74) is 5.53. The second-order valence-corrected chi connectivity index (χ2v) is 3.75. The zero-order valence-corrected chi connectivity index (χ0v) is 9.65. The smallest absolute Gasteiger partial charge is 0.277 e. The van der Waals surface area contributed by atoms with Crippen molar-refractivity contribution in [1.82, 2.24) is 10.1 Å². The molecular weight excluding hydrogens is 244 g/mol. The van der Waals surface area contributed by atoms with Gasteiger partial charge in [-0.15, -0.1) is 0 Å². The number of aryl methyl sites for hydroxylation is 1. The van der Waals surface area contributed by atoms with Gasteiger partial charge in [0.2, 0.25) is 0 Å². The summed E-state index contributed by atoms with van der Waals surface area (Å²) in [6.07, 6.45) is 0. The summed E-state index contributed by atoms with van der Waals surface area (Å²) < 4.78 is 4.81. The summed E-state index contributed by atoms with van der Waals surface area (Å²) in [7, 11) is 0. The zero-order chi connectivity index (χ0) is 12.4. The summed E-state index contributed by atoms with van der Waals surface area (Å²) in [6, 6.07) is 4.60. The Morgan fingerprint density at radius 1 is 1.53 bits per heavy atom. The summed E-state index contributed by atoms with van der Waals surface area (Å²) in [6.45, 7) is 1.72. The standard InChI is InChI=1S/C10H9ClN4O2/c1-5-4-8(15-17-5)14-10(16)9-6(11)2-3-7(12)13-9/h2-4H,1H3,(H2,12,13)(H,14,15,16). The van der Waals surface area contributed by atoms with E-state index in [1.807, 2.05) is 0 Å². The van der Waals surface area contributed by atoms with Crippen molar-refractivity contribution in [2.45, 2.75) is 6.92 Å². The van der Waals surface area contributed by atoms with Crippen molar-refractivity contribution >= 4 is 29.1 Å². The second kappa shape index (κ2) is 4.42. The number of nitrogen functional groups attached to an aromatic ring is 1. The predicted octanol–water partition coefficient (Wildman–Crippen LogP) is 1.87. The van der Waals surface area contributed by atoms with Gasteiger partial charge >= 0.3 is 0 Å². The first-order valence-corrected chi connectivity index (χ1v) is 5.11. The monoisotopic (exact) mass is 252 g/mol. The van der Waals surface area contributed by atoms with Crippen LogP contribution in [0.25, 0.3) is 0 Å². The van der Waals surface area contributed by atoms with Gasteiger partial charge in [-0.3, -0.25) is 4.79 Å². The average molecular weight is 253 g/mol. The maximum atomic E-state index is 11.8. The van der Waals surface area contributed by atoms with Gasteiger partial charge in [-0.25, -0.2) is 4.98 Å². The fraction of sp³-hybridized carbons (Fsp3) is 0.100. The number of amides is 1. The Labute approximate surface area is 102 Å². The summed E-state index contributed by atoms with van der Waals surface area (Å²) >= 11 is 5.84. The number of anilines is 2. The molecule has 0 aromatic carbocycles.